The summed E-state index contributed by atoms with van der Waals surface area (Å²) < 4.78 is 2.21. The van der Waals surface area contributed by atoms with Gasteiger partial charge >= 0.3 is 0 Å². The molecule has 0 amide bonds. The van der Waals surface area contributed by atoms with E-state index in [1.54, 1.807) is 0 Å². The number of hydrogen-bond acceptors (Lipinski definition) is 4. The van der Waals surface area contributed by atoms with Crippen molar-refractivity contribution >= 4 is 28.6 Å². The van der Waals surface area contributed by atoms with E-state index in [2.05, 4.69) is 32.6 Å². The van der Waals surface area contributed by atoms with Crippen molar-refractivity contribution in [3.05, 3.63) is 59.1 Å². The monoisotopic (exact) mass is 342 g/mol. The van der Waals surface area contributed by atoms with E-state index in [4.69, 9.17) is 16.6 Å². The van der Waals surface area contributed by atoms with Crippen molar-refractivity contribution in [3.63, 3.8) is 0 Å². The third-order valence-corrected chi connectivity index (χ3v) is 4.57. The number of benzene rings is 2. The largest absolute Gasteiger partial charge is 0.395 e. The number of aliphatic hydroxyl groups is 1. The van der Waals surface area contributed by atoms with Gasteiger partial charge in [0.25, 0.3) is 0 Å². The zero-order valence-corrected chi connectivity index (χ0v) is 14.0. The van der Waals surface area contributed by atoms with Gasteiger partial charge in [0, 0.05) is 18.1 Å². The number of rotatable bonds is 4. The van der Waals surface area contributed by atoms with Gasteiger partial charge in [0.15, 0.2) is 0 Å². The molecule has 4 rings (SSSR count). The molecule has 1 aromatic heterocycles. The molecule has 6 heteroatoms. The highest BCUT2D eigenvalue weighted by Gasteiger charge is 2.25. The fourth-order valence-corrected chi connectivity index (χ4v) is 3.36. The summed E-state index contributed by atoms with van der Waals surface area (Å²) in [5.41, 5.74) is 3.33. The van der Waals surface area contributed by atoms with Gasteiger partial charge in [-0.2, -0.15) is 0 Å². The summed E-state index contributed by atoms with van der Waals surface area (Å²) in [5, 5.41) is 10.2. The quantitative estimate of drug-likeness (QED) is 0.791. The predicted molar refractivity (Wildman–Crippen MR) is 96.0 cm³/mol. The van der Waals surface area contributed by atoms with E-state index in [1.165, 1.54) is 5.56 Å². The molecule has 0 unspecified atom stereocenters. The number of anilines is 1. The maximum absolute atomic E-state index is 9.41. The van der Waals surface area contributed by atoms with E-state index in [-0.39, 0.29) is 6.61 Å². The normalized spacial score (nSPS) is 15.0. The van der Waals surface area contributed by atoms with Crippen molar-refractivity contribution in [2.45, 2.75) is 13.2 Å². The second-order valence-corrected chi connectivity index (χ2v) is 6.49. The molecule has 0 fully saturated rings. The molecule has 5 nitrogen and oxygen atoms in total. The summed E-state index contributed by atoms with van der Waals surface area (Å²) in [5.74, 6) is 0.928. The molecule has 0 saturated heterocycles. The highest BCUT2D eigenvalue weighted by atomic mass is 35.5. The first-order valence-corrected chi connectivity index (χ1v) is 8.40. The molecule has 0 aliphatic carbocycles. The van der Waals surface area contributed by atoms with E-state index in [0.29, 0.717) is 6.54 Å². The van der Waals surface area contributed by atoms with Crippen LogP contribution in [0, 0.1) is 0 Å². The van der Waals surface area contributed by atoms with E-state index in [1.807, 2.05) is 30.3 Å². The van der Waals surface area contributed by atoms with Crippen LogP contribution in [0.25, 0.3) is 11.0 Å². The highest BCUT2D eigenvalue weighted by molar-refractivity contribution is 6.30. The Morgan fingerprint density at radius 2 is 1.83 bits per heavy atom. The number of aliphatic hydroxyl groups excluding tert-OH is 1. The first-order chi connectivity index (χ1) is 11.7. The first kappa shape index (κ1) is 15.4. The summed E-state index contributed by atoms with van der Waals surface area (Å²) >= 11 is 5.97. The van der Waals surface area contributed by atoms with Crippen LogP contribution >= 0.6 is 11.6 Å². The van der Waals surface area contributed by atoms with Crippen LogP contribution in [0.1, 0.15) is 5.56 Å². The molecular weight excluding hydrogens is 324 g/mol. The molecular formula is C18H19ClN4O. The van der Waals surface area contributed by atoms with E-state index in [9.17, 15) is 5.11 Å². The average molecular weight is 343 g/mol. The van der Waals surface area contributed by atoms with Crippen LogP contribution in [0.15, 0.2) is 48.5 Å². The second kappa shape index (κ2) is 6.43. The van der Waals surface area contributed by atoms with E-state index < -0.39 is 0 Å². The number of aromatic nitrogens is 2. The number of nitrogens with zero attached hydrogens (tertiary/aromatic N) is 4. The van der Waals surface area contributed by atoms with Crippen molar-refractivity contribution < 1.29 is 5.11 Å². The van der Waals surface area contributed by atoms with Crippen LogP contribution in [0.5, 0.6) is 0 Å². The fourth-order valence-electron chi connectivity index (χ4n) is 3.23. The van der Waals surface area contributed by atoms with Gasteiger partial charge in [-0.1, -0.05) is 35.9 Å². The van der Waals surface area contributed by atoms with Crippen LogP contribution in [0.2, 0.25) is 5.02 Å². The van der Waals surface area contributed by atoms with Crippen LogP contribution < -0.4 is 4.90 Å². The molecule has 0 spiro atoms. The van der Waals surface area contributed by atoms with Crippen LogP contribution in [-0.4, -0.2) is 39.4 Å². The van der Waals surface area contributed by atoms with Gasteiger partial charge in [0.05, 0.1) is 31.0 Å². The number of para-hydroxylation sites is 2. The molecule has 24 heavy (non-hydrogen) atoms. The Balaban J connectivity index is 1.66. The third kappa shape index (κ3) is 2.86. The van der Waals surface area contributed by atoms with Crippen LogP contribution in [0.3, 0.4) is 0 Å². The van der Waals surface area contributed by atoms with Gasteiger partial charge in [-0.3, -0.25) is 9.47 Å². The molecule has 1 aliphatic heterocycles. The molecule has 3 aromatic rings. The molecule has 2 aromatic carbocycles. The topological polar surface area (TPSA) is 44.5 Å². The minimum Gasteiger partial charge on any atom is -0.395 e. The Bertz CT molecular complexity index is 846. The van der Waals surface area contributed by atoms with E-state index in [0.717, 1.165) is 41.9 Å². The Morgan fingerprint density at radius 3 is 2.62 bits per heavy atom. The molecule has 0 bridgehead atoms. The van der Waals surface area contributed by atoms with Gasteiger partial charge < -0.3 is 10.0 Å². The minimum atomic E-state index is 0.109. The number of imidazole rings is 1. The zero-order valence-electron chi connectivity index (χ0n) is 13.3. The lowest BCUT2D eigenvalue weighted by atomic mass is 10.2. The SMILES string of the molecule is OCCN1CN(Cc2ccc(Cl)cc2)Cn2c1nc1ccccc12. The molecule has 1 aliphatic rings. The zero-order chi connectivity index (χ0) is 16.5. The highest BCUT2D eigenvalue weighted by Crippen LogP contribution is 2.27. The van der Waals surface area contributed by atoms with Crippen molar-refractivity contribution in [3.8, 4) is 0 Å². The molecule has 1 N–H and O–H groups in total. The van der Waals surface area contributed by atoms with Crippen molar-refractivity contribution in [1.29, 1.82) is 0 Å². The second-order valence-electron chi connectivity index (χ2n) is 6.05. The maximum Gasteiger partial charge on any atom is 0.208 e. The molecule has 0 saturated carbocycles. The van der Waals surface area contributed by atoms with Gasteiger partial charge in [-0.15, -0.1) is 0 Å². The van der Waals surface area contributed by atoms with Crippen molar-refractivity contribution in [2.75, 3.05) is 24.7 Å². The Morgan fingerprint density at radius 1 is 1.04 bits per heavy atom. The molecule has 0 radical (unpaired) electrons. The van der Waals surface area contributed by atoms with Gasteiger partial charge in [0.2, 0.25) is 5.95 Å². The maximum atomic E-state index is 9.41. The third-order valence-electron chi connectivity index (χ3n) is 4.32. The Hall–Kier alpha value is -2.08. The molecule has 0 atom stereocenters. The number of β-amino-alcohol motifs (C(OH)–C–C–N with tert-alkyl or cyclic N) is 1. The van der Waals surface area contributed by atoms with Gasteiger partial charge in [-0.05, 0) is 29.8 Å². The lowest BCUT2D eigenvalue weighted by molar-refractivity contribution is 0.183. The van der Waals surface area contributed by atoms with Gasteiger partial charge in [0.1, 0.15) is 0 Å². The summed E-state index contributed by atoms with van der Waals surface area (Å²) in [4.78, 5) is 9.20. The lowest BCUT2D eigenvalue weighted by Crippen LogP contribution is -2.45. The van der Waals surface area contributed by atoms with Crippen LogP contribution in [0.4, 0.5) is 5.95 Å². The standard InChI is InChI=1S/C18H19ClN4O/c19-15-7-5-14(6-8-15)11-21-12-22(9-10-24)18-20-16-3-1-2-4-17(16)23(18)13-21/h1-8,24H,9-13H2. The fraction of sp³-hybridized carbons (Fsp3) is 0.278. The van der Waals surface area contributed by atoms with Crippen molar-refractivity contribution in [1.82, 2.24) is 14.5 Å². The van der Waals surface area contributed by atoms with Gasteiger partial charge in [-0.25, -0.2) is 4.98 Å². The summed E-state index contributed by atoms with van der Waals surface area (Å²) in [6, 6.07) is 16.1. The number of halogens is 1. The Kier molecular flexibility index (Phi) is 4.14. The smallest absolute Gasteiger partial charge is 0.208 e. The minimum absolute atomic E-state index is 0.109. The predicted octanol–water partition coefficient (Wildman–Crippen LogP) is 2.92. The number of hydrogen-bond donors (Lipinski definition) is 1. The molecule has 124 valence electrons. The average Bonchev–Trinajstić information content (AvgIpc) is 2.96. The first-order valence-electron chi connectivity index (χ1n) is 8.02. The Labute approximate surface area is 145 Å². The summed E-state index contributed by atoms with van der Waals surface area (Å²) in [7, 11) is 0. The summed E-state index contributed by atoms with van der Waals surface area (Å²) in [6.07, 6.45) is 0. The van der Waals surface area contributed by atoms with E-state index >= 15 is 0 Å². The molecule has 2 heterocycles. The van der Waals surface area contributed by atoms with Crippen LogP contribution in [-0.2, 0) is 13.2 Å². The summed E-state index contributed by atoms with van der Waals surface area (Å²) in [6.45, 7) is 3.02. The lowest BCUT2D eigenvalue weighted by Gasteiger charge is -2.37. The van der Waals surface area contributed by atoms with Crippen molar-refractivity contribution in [2.24, 2.45) is 0 Å². The number of fused-ring (bicyclic) bond motifs is 3.